The van der Waals surface area contributed by atoms with E-state index in [0.717, 1.165) is 16.2 Å². The maximum absolute atomic E-state index is 12.4. The zero-order chi connectivity index (χ0) is 17.9. The van der Waals surface area contributed by atoms with Crippen LogP contribution in [0.2, 0.25) is 0 Å². The van der Waals surface area contributed by atoms with Gasteiger partial charge in [0, 0.05) is 5.39 Å². The third-order valence-electron chi connectivity index (χ3n) is 4.31. The molecule has 4 aromatic rings. The first-order valence-electron chi connectivity index (χ1n) is 8.45. The van der Waals surface area contributed by atoms with E-state index < -0.39 is 6.10 Å². The Labute approximate surface area is 150 Å². The van der Waals surface area contributed by atoms with Crippen molar-refractivity contribution in [2.75, 3.05) is 6.61 Å². The second kappa shape index (κ2) is 6.98. The first-order chi connectivity index (χ1) is 12.7. The summed E-state index contributed by atoms with van der Waals surface area (Å²) in [4.78, 5) is 12.4. The van der Waals surface area contributed by atoms with Crippen molar-refractivity contribution in [3.8, 4) is 5.75 Å². The summed E-state index contributed by atoms with van der Waals surface area (Å²) in [5.41, 5.74) is -0.215. The number of aliphatic hydroxyl groups excluding tert-OH is 1. The Morgan fingerprint density at radius 1 is 0.962 bits per heavy atom. The summed E-state index contributed by atoms with van der Waals surface area (Å²) in [6, 6.07) is 21.1. The van der Waals surface area contributed by atoms with Crippen LogP contribution in [0.15, 0.2) is 77.7 Å². The van der Waals surface area contributed by atoms with E-state index in [-0.39, 0.29) is 18.7 Å². The van der Waals surface area contributed by atoms with Gasteiger partial charge < -0.3 is 9.84 Å². The van der Waals surface area contributed by atoms with Gasteiger partial charge in [-0.3, -0.25) is 4.79 Å². The molecule has 0 aliphatic heterocycles. The molecule has 0 amide bonds. The van der Waals surface area contributed by atoms with Gasteiger partial charge in [-0.15, -0.1) is 0 Å². The van der Waals surface area contributed by atoms with Crippen molar-refractivity contribution in [2.24, 2.45) is 0 Å². The van der Waals surface area contributed by atoms with Crippen molar-refractivity contribution < 1.29 is 9.84 Å². The minimum Gasteiger partial charge on any atom is -0.491 e. The van der Waals surface area contributed by atoms with Gasteiger partial charge in [-0.05, 0) is 29.0 Å². The van der Waals surface area contributed by atoms with E-state index in [1.807, 2.05) is 60.7 Å². The molecule has 0 bridgehead atoms. The summed E-state index contributed by atoms with van der Waals surface area (Å²) in [7, 11) is 0. The molecule has 3 aromatic carbocycles. The lowest BCUT2D eigenvalue weighted by atomic mass is 10.1. The van der Waals surface area contributed by atoms with Crippen molar-refractivity contribution in [3.05, 3.63) is 83.3 Å². The van der Waals surface area contributed by atoms with Gasteiger partial charge in [0.1, 0.15) is 18.5 Å². The zero-order valence-corrected chi connectivity index (χ0v) is 14.1. The summed E-state index contributed by atoms with van der Waals surface area (Å²) in [5.74, 6) is 0.682. The highest BCUT2D eigenvalue weighted by Gasteiger charge is 2.10. The number of hydrogen-bond donors (Lipinski definition) is 1. The van der Waals surface area contributed by atoms with Crippen LogP contribution in [0, 0.1) is 0 Å². The van der Waals surface area contributed by atoms with E-state index in [9.17, 15) is 9.90 Å². The van der Waals surface area contributed by atoms with Crippen LogP contribution < -0.4 is 10.3 Å². The highest BCUT2D eigenvalue weighted by atomic mass is 16.5. The topological polar surface area (TPSA) is 64.4 Å². The molecule has 0 fully saturated rings. The molecule has 1 heterocycles. The molecule has 0 aliphatic rings. The van der Waals surface area contributed by atoms with Gasteiger partial charge in [-0.25, -0.2) is 4.68 Å². The van der Waals surface area contributed by atoms with Crippen LogP contribution in [0.4, 0.5) is 0 Å². The van der Waals surface area contributed by atoms with Crippen LogP contribution in [-0.2, 0) is 6.54 Å². The molecule has 1 atom stereocenters. The van der Waals surface area contributed by atoms with E-state index in [1.165, 1.54) is 4.68 Å². The molecule has 5 nitrogen and oxygen atoms in total. The molecule has 0 unspecified atom stereocenters. The van der Waals surface area contributed by atoms with Gasteiger partial charge in [-0.1, -0.05) is 48.5 Å². The predicted molar refractivity (Wildman–Crippen MR) is 101 cm³/mol. The van der Waals surface area contributed by atoms with E-state index in [1.54, 1.807) is 12.3 Å². The average Bonchev–Trinajstić information content (AvgIpc) is 2.68. The quantitative estimate of drug-likeness (QED) is 0.603. The molecule has 0 saturated heterocycles. The zero-order valence-electron chi connectivity index (χ0n) is 14.1. The van der Waals surface area contributed by atoms with Crippen LogP contribution in [0.5, 0.6) is 5.75 Å². The van der Waals surface area contributed by atoms with Crippen LogP contribution >= 0.6 is 0 Å². The average molecular weight is 346 g/mol. The minimum atomic E-state index is -0.840. The standard InChI is InChI=1S/C21H18N2O3/c24-18(13-23-21(25)20-8-4-3-7-17(20)12-22-23)14-26-19-10-9-15-5-1-2-6-16(15)11-19/h1-12,18,24H,13-14H2/t18-/m1/s1. The van der Waals surface area contributed by atoms with E-state index in [4.69, 9.17) is 4.74 Å². The maximum Gasteiger partial charge on any atom is 0.274 e. The lowest BCUT2D eigenvalue weighted by Gasteiger charge is -2.14. The van der Waals surface area contributed by atoms with Crippen LogP contribution in [0.1, 0.15) is 0 Å². The monoisotopic (exact) mass is 346 g/mol. The molecule has 0 aliphatic carbocycles. The number of fused-ring (bicyclic) bond motifs is 2. The molecule has 1 N–H and O–H groups in total. The fraction of sp³-hybridized carbons (Fsp3) is 0.143. The molecule has 0 saturated carbocycles. The summed E-state index contributed by atoms with van der Waals surface area (Å²) >= 11 is 0. The van der Waals surface area contributed by atoms with Crippen molar-refractivity contribution in [2.45, 2.75) is 12.6 Å². The van der Waals surface area contributed by atoms with Gasteiger partial charge >= 0.3 is 0 Å². The number of ether oxygens (including phenoxy) is 1. The Balaban J connectivity index is 1.46. The van der Waals surface area contributed by atoms with Gasteiger partial charge in [0.2, 0.25) is 0 Å². The number of nitrogens with zero attached hydrogens (tertiary/aromatic N) is 2. The number of benzene rings is 3. The molecule has 130 valence electrons. The van der Waals surface area contributed by atoms with Crippen molar-refractivity contribution in [1.29, 1.82) is 0 Å². The molecule has 0 radical (unpaired) electrons. The molecule has 0 spiro atoms. The Bertz CT molecular complexity index is 1120. The predicted octanol–water partition coefficient (Wildman–Crippen LogP) is 2.99. The van der Waals surface area contributed by atoms with Gasteiger partial charge in [-0.2, -0.15) is 5.10 Å². The number of rotatable bonds is 5. The second-order valence-electron chi connectivity index (χ2n) is 6.19. The Hall–Kier alpha value is -3.18. The lowest BCUT2D eigenvalue weighted by molar-refractivity contribution is 0.0882. The summed E-state index contributed by atoms with van der Waals surface area (Å²) in [6.45, 7) is 0.163. The first kappa shape index (κ1) is 16.3. The molecule has 1 aromatic heterocycles. The molecular weight excluding hydrogens is 328 g/mol. The Kier molecular flexibility index (Phi) is 4.37. The van der Waals surface area contributed by atoms with Gasteiger partial charge in [0.25, 0.3) is 5.56 Å². The largest absolute Gasteiger partial charge is 0.491 e. The third-order valence-corrected chi connectivity index (χ3v) is 4.31. The number of hydrogen-bond acceptors (Lipinski definition) is 4. The first-order valence-corrected chi connectivity index (χ1v) is 8.45. The fourth-order valence-electron chi connectivity index (χ4n) is 2.96. The van der Waals surface area contributed by atoms with Gasteiger partial charge in [0.15, 0.2) is 0 Å². The smallest absolute Gasteiger partial charge is 0.274 e. The summed E-state index contributed by atoms with van der Waals surface area (Å²) in [6.07, 6.45) is 0.793. The second-order valence-corrected chi connectivity index (χ2v) is 6.19. The molecular formula is C21H18N2O3. The highest BCUT2D eigenvalue weighted by molar-refractivity contribution is 5.83. The molecule has 26 heavy (non-hydrogen) atoms. The Morgan fingerprint density at radius 2 is 1.69 bits per heavy atom. The van der Waals surface area contributed by atoms with Crippen LogP contribution in [0.25, 0.3) is 21.5 Å². The highest BCUT2D eigenvalue weighted by Crippen LogP contribution is 2.20. The van der Waals surface area contributed by atoms with Crippen LogP contribution in [-0.4, -0.2) is 27.6 Å². The molecule has 4 rings (SSSR count). The normalized spacial score (nSPS) is 12.3. The molecule has 5 heteroatoms. The summed E-state index contributed by atoms with van der Waals surface area (Å²) in [5, 5.41) is 18.0. The van der Waals surface area contributed by atoms with E-state index >= 15 is 0 Å². The SMILES string of the molecule is O=c1c2ccccc2cnn1C[C@@H](O)COc1ccc2ccccc2c1. The van der Waals surface area contributed by atoms with Crippen molar-refractivity contribution in [1.82, 2.24) is 9.78 Å². The lowest BCUT2D eigenvalue weighted by Crippen LogP contribution is -2.31. The van der Waals surface area contributed by atoms with Crippen LogP contribution in [0.3, 0.4) is 0 Å². The minimum absolute atomic E-state index is 0.0806. The Morgan fingerprint density at radius 3 is 2.54 bits per heavy atom. The summed E-state index contributed by atoms with van der Waals surface area (Å²) < 4.78 is 6.96. The maximum atomic E-state index is 12.4. The van der Waals surface area contributed by atoms with E-state index in [0.29, 0.717) is 11.1 Å². The fourth-order valence-corrected chi connectivity index (χ4v) is 2.96. The van der Waals surface area contributed by atoms with Crippen molar-refractivity contribution >= 4 is 21.5 Å². The van der Waals surface area contributed by atoms with E-state index in [2.05, 4.69) is 5.10 Å². The van der Waals surface area contributed by atoms with Gasteiger partial charge in [0.05, 0.1) is 18.1 Å². The van der Waals surface area contributed by atoms with Crippen molar-refractivity contribution in [3.63, 3.8) is 0 Å². The number of aliphatic hydroxyl groups is 1. The number of aromatic nitrogens is 2. The third kappa shape index (κ3) is 3.30.